The zero-order valence-electron chi connectivity index (χ0n) is 16.9. The number of aromatic nitrogens is 3. The van der Waals surface area contributed by atoms with Crippen LogP contribution in [0.2, 0.25) is 0 Å². The van der Waals surface area contributed by atoms with Crippen LogP contribution in [0.15, 0.2) is 78.0 Å². The molecule has 5 rings (SSSR count). The lowest BCUT2D eigenvalue weighted by Gasteiger charge is -2.12. The molecule has 9 heteroatoms. The van der Waals surface area contributed by atoms with Gasteiger partial charge in [0.15, 0.2) is 5.65 Å². The highest BCUT2D eigenvalue weighted by Crippen LogP contribution is 2.36. The molecule has 3 N–H and O–H groups in total. The fraction of sp³-hybridized carbons (Fsp3) is 0.0435. The highest BCUT2D eigenvalue weighted by atomic mass is 32.2. The summed E-state index contributed by atoms with van der Waals surface area (Å²) in [5.41, 5.74) is 3.44. The summed E-state index contributed by atoms with van der Waals surface area (Å²) in [7, 11) is -3.96. The summed E-state index contributed by atoms with van der Waals surface area (Å²) >= 11 is 0. The largest absolute Gasteiger partial charge is 0.465 e. The number of benzene rings is 2. The molecule has 0 bridgehead atoms. The van der Waals surface area contributed by atoms with Crippen molar-refractivity contribution in [1.82, 2.24) is 13.9 Å². The van der Waals surface area contributed by atoms with Gasteiger partial charge < -0.3 is 10.1 Å². The summed E-state index contributed by atoms with van der Waals surface area (Å²) in [6.45, 7) is 1.89. The number of fused-ring (bicyclic) bond motifs is 2. The van der Waals surface area contributed by atoms with Crippen molar-refractivity contribution in [3.8, 4) is 11.3 Å². The van der Waals surface area contributed by atoms with E-state index >= 15 is 0 Å². The zero-order valence-corrected chi connectivity index (χ0v) is 17.7. The first-order chi connectivity index (χ1) is 15.3. The van der Waals surface area contributed by atoms with Crippen LogP contribution in [0.25, 0.3) is 33.2 Å². The second-order valence-electron chi connectivity index (χ2n) is 7.42. The van der Waals surface area contributed by atoms with E-state index in [0.717, 1.165) is 11.1 Å². The number of hydrogen-bond acceptors (Lipinski definition) is 4. The van der Waals surface area contributed by atoms with E-state index in [2.05, 4.69) is 15.3 Å². The van der Waals surface area contributed by atoms with Gasteiger partial charge in [0.05, 0.1) is 10.6 Å². The Hall–Kier alpha value is -4.11. The zero-order chi connectivity index (χ0) is 22.5. The lowest BCUT2D eigenvalue weighted by Crippen LogP contribution is -2.14. The van der Waals surface area contributed by atoms with Gasteiger partial charge in [-0.25, -0.2) is 22.2 Å². The van der Waals surface area contributed by atoms with Crippen LogP contribution < -0.4 is 5.32 Å². The molecule has 0 aliphatic heterocycles. The van der Waals surface area contributed by atoms with Crippen LogP contribution in [0.5, 0.6) is 0 Å². The van der Waals surface area contributed by atoms with E-state index in [0.29, 0.717) is 33.4 Å². The van der Waals surface area contributed by atoms with E-state index in [4.69, 9.17) is 5.11 Å². The Morgan fingerprint density at radius 1 is 1.09 bits per heavy atom. The number of aryl methyl sites for hydroxylation is 1. The molecular weight excluding hydrogens is 428 g/mol. The summed E-state index contributed by atoms with van der Waals surface area (Å²) in [5, 5.41) is 12.7. The third kappa shape index (κ3) is 3.19. The van der Waals surface area contributed by atoms with Crippen LogP contribution in [-0.2, 0) is 10.0 Å². The lowest BCUT2D eigenvalue weighted by atomic mass is 10.1. The van der Waals surface area contributed by atoms with E-state index < -0.39 is 16.1 Å². The van der Waals surface area contributed by atoms with Gasteiger partial charge in [0.1, 0.15) is 0 Å². The molecular formula is C23H18N4O4S. The average molecular weight is 446 g/mol. The summed E-state index contributed by atoms with van der Waals surface area (Å²) in [6.07, 6.45) is 2.09. The van der Waals surface area contributed by atoms with Crippen molar-refractivity contribution in [2.75, 3.05) is 5.32 Å². The van der Waals surface area contributed by atoms with Crippen LogP contribution in [-0.4, -0.2) is 33.6 Å². The first kappa shape index (κ1) is 19.8. The van der Waals surface area contributed by atoms with Crippen molar-refractivity contribution in [2.45, 2.75) is 11.8 Å². The average Bonchev–Trinajstić information content (AvgIpc) is 3.34. The van der Waals surface area contributed by atoms with E-state index in [1.54, 1.807) is 73.1 Å². The molecule has 32 heavy (non-hydrogen) atoms. The lowest BCUT2D eigenvalue weighted by molar-refractivity contribution is 0.210. The van der Waals surface area contributed by atoms with Crippen LogP contribution in [0.4, 0.5) is 10.5 Å². The Labute approximate surface area is 183 Å². The standard InChI is InChI=1S/C23H18N4O4S/c1-14-4-7-17(8-5-14)32(30,31)27-21(11-15-3-2-10-24-22(15)27)19-13-25-20-9-6-16(12-18(19)20)26-23(28)29/h2-13,25-26H,1H3,(H,28,29). The van der Waals surface area contributed by atoms with Gasteiger partial charge in [0.25, 0.3) is 10.0 Å². The van der Waals surface area contributed by atoms with Gasteiger partial charge in [-0.1, -0.05) is 17.7 Å². The highest BCUT2D eigenvalue weighted by molar-refractivity contribution is 7.90. The van der Waals surface area contributed by atoms with Crippen LogP contribution in [0.1, 0.15) is 5.56 Å². The number of carbonyl (C=O) groups is 1. The summed E-state index contributed by atoms with van der Waals surface area (Å²) in [6, 6.07) is 17.0. The van der Waals surface area contributed by atoms with Crippen molar-refractivity contribution < 1.29 is 18.3 Å². The number of hydrogen-bond donors (Lipinski definition) is 3. The number of rotatable bonds is 4. The number of nitrogens with zero attached hydrogens (tertiary/aromatic N) is 2. The molecule has 5 aromatic rings. The molecule has 3 aromatic heterocycles. The maximum Gasteiger partial charge on any atom is 0.409 e. The number of amides is 1. The number of nitrogens with one attached hydrogen (secondary N) is 2. The van der Waals surface area contributed by atoms with Gasteiger partial charge in [0.2, 0.25) is 0 Å². The normalized spacial score (nSPS) is 11.8. The van der Waals surface area contributed by atoms with Gasteiger partial charge in [-0.2, -0.15) is 0 Å². The predicted molar refractivity (Wildman–Crippen MR) is 122 cm³/mol. The Morgan fingerprint density at radius 2 is 1.88 bits per heavy atom. The maximum atomic E-state index is 13.7. The van der Waals surface area contributed by atoms with Crippen molar-refractivity contribution in [3.05, 3.63) is 78.6 Å². The molecule has 0 aliphatic carbocycles. The molecule has 3 heterocycles. The molecule has 0 aliphatic rings. The number of pyridine rings is 1. The molecule has 0 unspecified atom stereocenters. The van der Waals surface area contributed by atoms with E-state index in [-0.39, 0.29) is 4.90 Å². The molecule has 0 saturated carbocycles. The number of carboxylic acid groups (broad SMARTS) is 1. The van der Waals surface area contributed by atoms with Gasteiger partial charge in [-0.05, 0) is 55.5 Å². The predicted octanol–water partition coefficient (Wildman–Crippen LogP) is 4.82. The summed E-state index contributed by atoms with van der Waals surface area (Å²) < 4.78 is 28.7. The molecule has 0 spiro atoms. The molecule has 0 atom stereocenters. The molecule has 0 radical (unpaired) electrons. The molecule has 8 nitrogen and oxygen atoms in total. The van der Waals surface area contributed by atoms with Crippen molar-refractivity contribution >= 4 is 43.7 Å². The molecule has 0 saturated heterocycles. The quantitative estimate of drug-likeness (QED) is 0.366. The van der Waals surface area contributed by atoms with E-state index in [1.165, 1.54) is 3.97 Å². The Bertz CT molecular complexity index is 1600. The minimum atomic E-state index is -3.96. The Morgan fingerprint density at radius 3 is 2.62 bits per heavy atom. The van der Waals surface area contributed by atoms with Gasteiger partial charge in [-0.3, -0.25) is 5.32 Å². The van der Waals surface area contributed by atoms with Gasteiger partial charge in [0, 0.05) is 39.9 Å². The van der Waals surface area contributed by atoms with Gasteiger partial charge >= 0.3 is 6.09 Å². The van der Waals surface area contributed by atoms with Crippen molar-refractivity contribution in [3.63, 3.8) is 0 Å². The Balaban J connectivity index is 1.79. The minimum Gasteiger partial charge on any atom is -0.465 e. The first-order valence-corrected chi connectivity index (χ1v) is 11.2. The van der Waals surface area contributed by atoms with Crippen molar-refractivity contribution in [1.29, 1.82) is 0 Å². The molecule has 2 aromatic carbocycles. The third-order valence-corrected chi connectivity index (χ3v) is 7.01. The highest BCUT2D eigenvalue weighted by Gasteiger charge is 2.26. The number of aromatic amines is 1. The fourth-order valence-electron chi connectivity index (χ4n) is 3.79. The van der Waals surface area contributed by atoms with Crippen molar-refractivity contribution in [2.24, 2.45) is 0 Å². The number of H-pyrrole nitrogens is 1. The fourth-order valence-corrected chi connectivity index (χ4v) is 5.27. The first-order valence-electron chi connectivity index (χ1n) is 9.75. The number of anilines is 1. The molecule has 0 fully saturated rings. The summed E-state index contributed by atoms with van der Waals surface area (Å²) in [4.78, 5) is 18.7. The van der Waals surface area contributed by atoms with E-state index in [1.807, 2.05) is 6.92 Å². The topological polar surface area (TPSA) is 117 Å². The van der Waals surface area contributed by atoms with Crippen LogP contribution >= 0.6 is 0 Å². The molecule has 1 amide bonds. The van der Waals surface area contributed by atoms with Crippen LogP contribution in [0, 0.1) is 6.92 Å². The van der Waals surface area contributed by atoms with Crippen LogP contribution in [0.3, 0.4) is 0 Å². The molecule has 160 valence electrons. The Kier molecular flexibility index (Phi) is 4.49. The second-order valence-corrected chi connectivity index (χ2v) is 9.21. The second kappa shape index (κ2) is 7.24. The van der Waals surface area contributed by atoms with Gasteiger partial charge in [-0.15, -0.1) is 0 Å². The SMILES string of the molecule is Cc1ccc(S(=O)(=O)n2c(-c3c[nH]c4ccc(NC(=O)O)cc34)cc3cccnc32)cc1. The minimum absolute atomic E-state index is 0.153. The third-order valence-electron chi connectivity index (χ3n) is 5.29. The van der Waals surface area contributed by atoms with E-state index in [9.17, 15) is 13.2 Å². The summed E-state index contributed by atoms with van der Waals surface area (Å²) in [5.74, 6) is 0. The monoisotopic (exact) mass is 446 g/mol. The maximum absolute atomic E-state index is 13.7. The smallest absolute Gasteiger partial charge is 0.409 e.